The maximum atomic E-state index is 11.3. The molecule has 0 aliphatic heterocycles. The first-order valence-electron chi connectivity index (χ1n) is 8.53. The maximum Gasteiger partial charge on any atom is 0.347 e. The summed E-state index contributed by atoms with van der Waals surface area (Å²) in [6.07, 6.45) is 0. The lowest BCUT2D eigenvalue weighted by Gasteiger charge is -2.11. The molecule has 4 nitrogen and oxygen atoms in total. The molecule has 0 unspecified atom stereocenters. The first-order valence-corrected chi connectivity index (χ1v) is 9.34. The summed E-state index contributed by atoms with van der Waals surface area (Å²) in [4.78, 5) is 16.0. The number of hydrogen-bond acceptors (Lipinski definition) is 4. The number of para-hydroxylation sites is 1. The van der Waals surface area contributed by atoms with Gasteiger partial charge in [0.1, 0.15) is 22.2 Å². The highest BCUT2D eigenvalue weighted by Crippen LogP contribution is 2.35. The Bertz CT molecular complexity index is 1130. The van der Waals surface area contributed by atoms with Crippen LogP contribution < -0.4 is 4.74 Å². The second kappa shape index (κ2) is 7.21. The first-order chi connectivity index (χ1) is 13.1. The van der Waals surface area contributed by atoms with E-state index in [2.05, 4.69) is 29.2 Å². The van der Waals surface area contributed by atoms with Gasteiger partial charge in [-0.2, -0.15) is 0 Å². The van der Waals surface area contributed by atoms with Crippen LogP contribution in [0.15, 0.2) is 66.7 Å². The Morgan fingerprint density at radius 1 is 1.04 bits per heavy atom. The molecule has 0 fully saturated rings. The number of ether oxygens (including phenoxy) is 1. The zero-order valence-electron chi connectivity index (χ0n) is 14.7. The van der Waals surface area contributed by atoms with Gasteiger partial charge in [0.05, 0.1) is 11.3 Å². The molecule has 0 aliphatic rings. The van der Waals surface area contributed by atoms with Gasteiger partial charge < -0.3 is 9.84 Å². The van der Waals surface area contributed by atoms with Crippen molar-refractivity contribution in [1.29, 1.82) is 0 Å². The molecule has 5 heteroatoms. The largest absolute Gasteiger partial charge is 0.488 e. The number of thiazole rings is 1. The summed E-state index contributed by atoms with van der Waals surface area (Å²) >= 11 is 1.17. The molecular formula is C22H17NO3S. The fraction of sp³-hybridized carbons (Fsp3) is 0.0909. The van der Waals surface area contributed by atoms with Crippen LogP contribution in [0.3, 0.4) is 0 Å². The van der Waals surface area contributed by atoms with Gasteiger partial charge in [-0.3, -0.25) is 0 Å². The van der Waals surface area contributed by atoms with E-state index in [9.17, 15) is 9.90 Å². The predicted molar refractivity (Wildman–Crippen MR) is 108 cm³/mol. The number of carboxylic acids is 1. The van der Waals surface area contributed by atoms with Crippen molar-refractivity contribution in [1.82, 2.24) is 4.98 Å². The Morgan fingerprint density at radius 2 is 1.78 bits per heavy atom. The van der Waals surface area contributed by atoms with Crippen molar-refractivity contribution >= 4 is 28.1 Å². The summed E-state index contributed by atoms with van der Waals surface area (Å²) in [6, 6.07) is 22.0. The molecule has 0 spiro atoms. The number of hydrogen-bond donors (Lipinski definition) is 1. The minimum atomic E-state index is -0.953. The van der Waals surface area contributed by atoms with E-state index < -0.39 is 5.97 Å². The van der Waals surface area contributed by atoms with Gasteiger partial charge >= 0.3 is 5.97 Å². The normalized spacial score (nSPS) is 10.9. The monoisotopic (exact) mass is 375 g/mol. The predicted octanol–water partition coefficient (Wildman–Crippen LogP) is 5.55. The van der Waals surface area contributed by atoms with Crippen LogP contribution in [-0.2, 0) is 6.61 Å². The lowest BCUT2D eigenvalue weighted by Crippen LogP contribution is -1.98. The van der Waals surface area contributed by atoms with Crippen molar-refractivity contribution in [3.8, 4) is 16.3 Å². The zero-order chi connectivity index (χ0) is 18.8. The highest BCUT2D eigenvalue weighted by molar-refractivity contribution is 7.17. The van der Waals surface area contributed by atoms with Gasteiger partial charge in [0, 0.05) is 0 Å². The van der Waals surface area contributed by atoms with Crippen molar-refractivity contribution in [2.45, 2.75) is 13.5 Å². The van der Waals surface area contributed by atoms with Gasteiger partial charge in [0.15, 0.2) is 0 Å². The first kappa shape index (κ1) is 17.2. The van der Waals surface area contributed by atoms with Crippen LogP contribution in [0.1, 0.15) is 20.9 Å². The minimum absolute atomic E-state index is 0.258. The van der Waals surface area contributed by atoms with E-state index in [1.165, 1.54) is 16.7 Å². The van der Waals surface area contributed by atoms with Crippen LogP contribution in [0.2, 0.25) is 0 Å². The van der Waals surface area contributed by atoms with E-state index >= 15 is 0 Å². The number of aromatic carboxylic acids is 1. The molecule has 3 aromatic carbocycles. The SMILES string of the molecule is Cc1nc(-c2ccccc2OCc2cccc3ccccc23)sc1C(=O)O. The van der Waals surface area contributed by atoms with E-state index in [0.717, 1.165) is 16.5 Å². The number of rotatable bonds is 5. The summed E-state index contributed by atoms with van der Waals surface area (Å²) in [5.74, 6) is -0.262. The van der Waals surface area contributed by atoms with Gasteiger partial charge in [-0.25, -0.2) is 9.78 Å². The molecule has 0 saturated heterocycles. The lowest BCUT2D eigenvalue weighted by atomic mass is 10.1. The number of carbonyl (C=O) groups is 1. The Kier molecular flexibility index (Phi) is 4.60. The molecule has 1 heterocycles. The molecule has 4 aromatic rings. The highest BCUT2D eigenvalue weighted by atomic mass is 32.1. The Hall–Kier alpha value is -3.18. The van der Waals surface area contributed by atoms with Gasteiger partial charge in [-0.05, 0) is 35.4 Å². The van der Waals surface area contributed by atoms with Gasteiger partial charge in [-0.15, -0.1) is 11.3 Å². The van der Waals surface area contributed by atoms with Crippen LogP contribution in [0.4, 0.5) is 0 Å². The molecule has 1 N–H and O–H groups in total. The van der Waals surface area contributed by atoms with E-state index in [0.29, 0.717) is 23.1 Å². The summed E-state index contributed by atoms with van der Waals surface area (Å²) in [7, 11) is 0. The van der Waals surface area contributed by atoms with Crippen molar-refractivity contribution in [3.63, 3.8) is 0 Å². The highest BCUT2D eigenvalue weighted by Gasteiger charge is 2.17. The van der Waals surface area contributed by atoms with Gasteiger partial charge in [0.2, 0.25) is 0 Å². The van der Waals surface area contributed by atoms with E-state index in [-0.39, 0.29) is 4.88 Å². The minimum Gasteiger partial charge on any atom is -0.488 e. The topological polar surface area (TPSA) is 59.4 Å². The number of aryl methyl sites for hydroxylation is 1. The third-order valence-corrected chi connectivity index (χ3v) is 5.55. The molecule has 0 radical (unpaired) electrons. The van der Waals surface area contributed by atoms with Crippen molar-refractivity contribution in [2.24, 2.45) is 0 Å². The Balaban J connectivity index is 1.66. The number of benzene rings is 3. The van der Waals surface area contributed by atoms with Crippen LogP contribution in [0.25, 0.3) is 21.3 Å². The second-order valence-corrected chi connectivity index (χ2v) is 7.16. The molecule has 1 aromatic heterocycles. The molecule has 134 valence electrons. The Morgan fingerprint density at radius 3 is 2.59 bits per heavy atom. The molecule has 0 bridgehead atoms. The Labute approximate surface area is 160 Å². The molecule has 0 saturated carbocycles. The van der Waals surface area contributed by atoms with Gasteiger partial charge in [0.25, 0.3) is 0 Å². The van der Waals surface area contributed by atoms with Crippen LogP contribution in [0.5, 0.6) is 5.75 Å². The van der Waals surface area contributed by atoms with Crippen LogP contribution in [0, 0.1) is 6.92 Å². The smallest absolute Gasteiger partial charge is 0.347 e. The quantitative estimate of drug-likeness (QED) is 0.497. The third-order valence-electron chi connectivity index (χ3n) is 4.37. The summed E-state index contributed by atoms with van der Waals surface area (Å²) in [6.45, 7) is 2.14. The van der Waals surface area contributed by atoms with Crippen molar-refractivity contribution < 1.29 is 14.6 Å². The van der Waals surface area contributed by atoms with Crippen LogP contribution >= 0.6 is 11.3 Å². The van der Waals surface area contributed by atoms with Gasteiger partial charge in [-0.1, -0.05) is 54.6 Å². The van der Waals surface area contributed by atoms with Crippen LogP contribution in [-0.4, -0.2) is 16.1 Å². The second-order valence-electron chi connectivity index (χ2n) is 6.16. The summed E-state index contributed by atoms with van der Waals surface area (Å²) in [5.41, 5.74) is 2.43. The van der Waals surface area contributed by atoms with E-state index in [1.54, 1.807) is 6.92 Å². The number of aromatic nitrogens is 1. The van der Waals surface area contributed by atoms with E-state index in [1.807, 2.05) is 42.5 Å². The molecule has 0 amide bonds. The van der Waals surface area contributed by atoms with E-state index in [4.69, 9.17) is 4.74 Å². The molecule has 4 rings (SSSR count). The maximum absolute atomic E-state index is 11.3. The molecule has 0 aliphatic carbocycles. The lowest BCUT2D eigenvalue weighted by molar-refractivity contribution is 0.0701. The number of carboxylic acid groups (broad SMARTS) is 1. The number of nitrogens with zero attached hydrogens (tertiary/aromatic N) is 1. The molecule has 27 heavy (non-hydrogen) atoms. The zero-order valence-corrected chi connectivity index (χ0v) is 15.5. The fourth-order valence-corrected chi connectivity index (χ4v) is 3.99. The number of fused-ring (bicyclic) bond motifs is 1. The van der Waals surface area contributed by atoms with Crippen molar-refractivity contribution in [2.75, 3.05) is 0 Å². The fourth-order valence-electron chi connectivity index (χ4n) is 3.05. The molecular weight excluding hydrogens is 358 g/mol. The summed E-state index contributed by atoms with van der Waals surface area (Å²) in [5, 5.41) is 12.3. The molecule has 0 atom stereocenters. The third kappa shape index (κ3) is 3.41. The summed E-state index contributed by atoms with van der Waals surface area (Å²) < 4.78 is 6.11. The van der Waals surface area contributed by atoms with Crippen molar-refractivity contribution in [3.05, 3.63) is 82.9 Å². The average Bonchev–Trinajstić information content (AvgIpc) is 3.08. The standard InChI is InChI=1S/C22H17NO3S/c1-14-20(22(24)25)27-21(23-14)18-11-4-5-12-19(18)26-13-16-9-6-8-15-7-2-3-10-17(15)16/h2-12H,13H2,1H3,(H,24,25). The average molecular weight is 375 g/mol.